The lowest BCUT2D eigenvalue weighted by Gasteiger charge is -2.04. The van der Waals surface area contributed by atoms with Crippen molar-refractivity contribution in [3.63, 3.8) is 0 Å². The lowest BCUT2D eigenvalue weighted by atomic mass is 10.2. The van der Waals surface area contributed by atoms with Crippen molar-refractivity contribution in [2.45, 2.75) is 36.1 Å². The molecule has 0 bridgehead atoms. The normalized spacial score (nSPS) is 12.0. The van der Waals surface area contributed by atoms with Crippen LogP contribution in [0.25, 0.3) is 20.2 Å². The van der Waals surface area contributed by atoms with Crippen LogP contribution < -0.4 is 9.44 Å². The van der Waals surface area contributed by atoms with E-state index in [0.29, 0.717) is 41.5 Å². The smallest absolute Gasteiger partial charge is 0.274 e. The Labute approximate surface area is 287 Å². The number of aromatic nitrogens is 2. The van der Waals surface area contributed by atoms with Gasteiger partial charge in [-0.1, -0.05) is 33.5 Å². The third kappa shape index (κ3) is 6.54. The summed E-state index contributed by atoms with van der Waals surface area (Å²) in [6.07, 6.45) is 0. The number of nitrogens with zero attached hydrogens (tertiary/aromatic N) is 2. The van der Waals surface area contributed by atoms with Crippen LogP contribution in [0.15, 0.2) is 62.8 Å². The first-order chi connectivity index (χ1) is 20.6. The number of thiophene rings is 2. The van der Waals surface area contributed by atoms with Crippen LogP contribution in [-0.2, 0) is 20.0 Å². The van der Waals surface area contributed by atoms with Gasteiger partial charge in [-0.25, -0.2) is 26.3 Å². The second-order valence-electron chi connectivity index (χ2n) is 9.34. The molecule has 0 aliphatic heterocycles. The molecule has 232 valence electrons. The van der Waals surface area contributed by atoms with Crippen molar-refractivity contribution in [1.29, 1.82) is 0 Å². The Hall–Kier alpha value is -2.18. The minimum absolute atomic E-state index is 0.0624. The zero-order valence-electron chi connectivity index (χ0n) is 23.0. The molecular weight excluding hydrogens is 823 g/mol. The summed E-state index contributed by atoms with van der Waals surface area (Å²) < 4.78 is 68.3. The van der Waals surface area contributed by atoms with E-state index in [1.807, 2.05) is 12.1 Å². The highest BCUT2D eigenvalue weighted by Gasteiger charge is 2.26. The fraction of sp³-hybridized carbons (Fsp3) is 0.154. The Bertz CT molecular complexity index is 2120. The summed E-state index contributed by atoms with van der Waals surface area (Å²) in [7, 11) is -7.53. The molecular formula is C26H20Br2Cl2N4O6S4. The van der Waals surface area contributed by atoms with Crippen molar-refractivity contribution < 1.29 is 25.9 Å². The van der Waals surface area contributed by atoms with E-state index in [2.05, 4.69) is 51.6 Å². The van der Waals surface area contributed by atoms with Crippen LogP contribution in [0.3, 0.4) is 0 Å². The highest BCUT2D eigenvalue weighted by molar-refractivity contribution is 9.11. The number of halogens is 4. The van der Waals surface area contributed by atoms with Crippen molar-refractivity contribution in [2.24, 2.45) is 0 Å². The van der Waals surface area contributed by atoms with Crippen LogP contribution >= 0.6 is 77.7 Å². The Morgan fingerprint density at radius 3 is 1.36 bits per heavy atom. The summed E-state index contributed by atoms with van der Waals surface area (Å²) in [5, 5.41) is 10.2. The third-order valence-electron chi connectivity index (χ3n) is 6.23. The minimum atomic E-state index is -3.77. The molecule has 44 heavy (non-hydrogen) atoms. The van der Waals surface area contributed by atoms with Gasteiger partial charge in [-0.05, 0) is 118 Å². The molecule has 4 aromatic heterocycles. The summed E-state index contributed by atoms with van der Waals surface area (Å²) in [5.41, 5.74) is 2.44. The second kappa shape index (κ2) is 12.5. The number of sulfonamides is 2. The molecule has 10 nitrogen and oxygen atoms in total. The number of hydrogen-bond acceptors (Lipinski definition) is 10. The van der Waals surface area contributed by atoms with E-state index in [4.69, 9.17) is 32.2 Å². The van der Waals surface area contributed by atoms with E-state index < -0.39 is 20.0 Å². The Kier molecular flexibility index (Phi) is 9.47. The molecule has 0 aliphatic carbocycles. The van der Waals surface area contributed by atoms with Gasteiger partial charge in [-0.3, -0.25) is 0 Å². The highest BCUT2D eigenvalue weighted by atomic mass is 79.9. The number of benzene rings is 2. The monoisotopic (exact) mass is 840 g/mol. The molecule has 0 unspecified atom stereocenters. The predicted octanol–water partition coefficient (Wildman–Crippen LogP) is 9.45. The van der Waals surface area contributed by atoms with Crippen LogP contribution in [0, 0.1) is 27.7 Å². The van der Waals surface area contributed by atoms with Gasteiger partial charge in [0.15, 0.2) is 0 Å². The Morgan fingerprint density at radius 1 is 0.682 bits per heavy atom. The van der Waals surface area contributed by atoms with Crippen molar-refractivity contribution in [1.82, 2.24) is 10.3 Å². The molecule has 2 N–H and O–H groups in total. The average molecular weight is 843 g/mol. The fourth-order valence-electron chi connectivity index (χ4n) is 4.03. The summed E-state index contributed by atoms with van der Waals surface area (Å²) >= 11 is 20.8. The van der Waals surface area contributed by atoms with Gasteiger partial charge in [0, 0.05) is 19.4 Å². The van der Waals surface area contributed by atoms with Crippen molar-refractivity contribution in [2.75, 3.05) is 9.44 Å². The van der Waals surface area contributed by atoms with Gasteiger partial charge < -0.3 is 9.05 Å². The SMILES string of the molecule is Cc1noc(NS(=O)(=O)c2sc3ccc(Cl)cc3c2C)c1Br.Cc1noc(NS(=O)(=O)c2sc3ccc(Cl)cc3c2C)c1Br. The largest absolute Gasteiger partial charge is 0.336 e. The Balaban J connectivity index is 0.000000175. The molecule has 0 saturated carbocycles. The van der Waals surface area contributed by atoms with Gasteiger partial charge in [0.2, 0.25) is 0 Å². The van der Waals surface area contributed by atoms with E-state index in [-0.39, 0.29) is 20.2 Å². The van der Waals surface area contributed by atoms with Crippen molar-refractivity contribution in [3.8, 4) is 0 Å². The van der Waals surface area contributed by atoms with Crippen LogP contribution in [0.4, 0.5) is 11.8 Å². The average Bonchev–Trinajstić information content (AvgIpc) is 3.67. The molecule has 0 radical (unpaired) electrons. The first-order valence-corrected chi connectivity index (χ1v) is 19.2. The van der Waals surface area contributed by atoms with E-state index >= 15 is 0 Å². The molecule has 0 spiro atoms. The zero-order chi connectivity index (χ0) is 32.1. The van der Waals surface area contributed by atoms with E-state index in [9.17, 15) is 16.8 Å². The summed E-state index contributed by atoms with van der Waals surface area (Å²) in [4.78, 5) is 0. The van der Waals surface area contributed by atoms with Crippen LogP contribution in [0.2, 0.25) is 10.0 Å². The molecule has 2 aromatic carbocycles. The van der Waals surface area contributed by atoms with Crippen LogP contribution in [0.1, 0.15) is 22.5 Å². The number of fused-ring (bicyclic) bond motifs is 2. The Morgan fingerprint density at radius 2 is 1.05 bits per heavy atom. The molecule has 0 atom stereocenters. The summed E-state index contributed by atoms with van der Waals surface area (Å²) in [6.45, 7) is 6.92. The van der Waals surface area contributed by atoms with Gasteiger partial charge in [-0.2, -0.15) is 0 Å². The first kappa shape index (κ1) is 33.2. The van der Waals surface area contributed by atoms with Crippen LogP contribution in [-0.4, -0.2) is 27.1 Å². The molecule has 18 heteroatoms. The molecule has 6 rings (SSSR count). The molecule has 6 aromatic rings. The number of rotatable bonds is 6. The lowest BCUT2D eigenvalue weighted by Crippen LogP contribution is -2.12. The minimum Gasteiger partial charge on any atom is -0.336 e. The van der Waals surface area contributed by atoms with E-state index in [0.717, 1.165) is 20.2 Å². The van der Waals surface area contributed by atoms with Gasteiger partial charge in [0.25, 0.3) is 31.8 Å². The van der Waals surface area contributed by atoms with Crippen molar-refractivity contribution in [3.05, 3.63) is 77.9 Å². The molecule has 0 amide bonds. The maximum Gasteiger partial charge on any atom is 0.274 e. The van der Waals surface area contributed by atoms with Gasteiger partial charge in [-0.15, -0.1) is 22.7 Å². The van der Waals surface area contributed by atoms with Gasteiger partial charge >= 0.3 is 0 Å². The molecule has 0 saturated heterocycles. The number of anilines is 2. The number of nitrogens with one attached hydrogen (secondary N) is 2. The standard InChI is InChI=1S/2C13H10BrClN2O3S2/c2*1-6-9-5-8(15)3-4-10(9)21-13(6)22(18,19)17-12-11(14)7(2)16-20-12/h2*3-5,17H,1-2H3. The highest BCUT2D eigenvalue weighted by Crippen LogP contribution is 2.39. The zero-order valence-corrected chi connectivity index (χ0v) is 30.9. The second-order valence-corrected chi connectivity index (χ2v) is 17.7. The van der Waals surface area contributed by atoms with Crippen molar-refractivity contribution >= 4 is 130 Å². The topological polar surface area (TPSA) is 144 Å². The first-order valence-electron chi connectivity index (χ1n) is 12.3. The van der Waals surface area contributed by atoms with Crippen LogP contribution in [0.5, 0.6) is 0 Å². The van der Waals surface area contributed by atoms with Gasteiger partial charge in [0.05, 0.1) is 11.4 Å². The fourth-order valence-corrected chi connectivity index (χ4v) is 10.6. The third-order valence-corrected chi connectivity index (χ3v) is 15.0. The number of aryl methyl sites for hydroxylation is 4. The molecule has 4 heterocycles. The van der Waals surface area contributed by atoms with E-state index in [1.165, 1.54) is 22.7 Å². The van der Waals surface area contributed by atoms with E-state index in [1.54, 1.807) is 52.0 Å². The lowest BCUT2D eigenvalue weighted by molar-refractivity contribution is 0.430. The summed E-state index contributed by atoms with van der Waals surface area (Å²) in [5.74, 6) is 0.125. The maximum atomic E-state index is 12.6. The number of hydrogen-bond donors (Lipinski definition) is 2. The maximum absolute atomic E-state index is 12.6. The molecule has 0 aliphatic rings. The predicted molar refractivity (Wildman–Crippen MR) is 183 cm³/mol. The summed E-state index contributed by atoms with van der Waals surface area (Å²) in [6, 6.07) is 10.6. The van der Waals surface area contributed by atoms with Gasteiger partial charge in [0.1, 0.15) is 17.4 Å². The molecule has 0 fully saturated rings. The quantitative estimate of drug-likeness (QED) is 0.169.